The number of halogens is 2. The quantitative estimate of drug-likeness (QED) is 0.679. The van der Waals surface area contributed by atoms with Crippen LogP contribution in [0, 0.1) is 0 Å². The Bertz CT molecular complexity index is 77.8. The molecule has 0 aliphatic carbocycles. The molecule has 2 atom stereocenters. The molecule has 12 heavy (non-hydrogen) atoms. The number of nitrogens with zero attached hydrogens (tertiary/aromatic N) is 2. The van der Waals surface area contributed by atoms with Crippen molar-refractivity contribution in [3.63, 3.8) is 0 Å². The fourth-order valence-corrected chi connectivity index (χ4v) is 0.704. The van der Waals surface area contributed by atoms with Gasteiger partial charge in [0, 0.05) is 0 Å². The average molecular weight is 247 g/mol. The van der Waals surface area contributed by atoms with E-state index >= 15 is 0 Å². The van der Waals surface area contributed by atoms with E-state index in [0.717, 1.165) is 6.42 Å². The SMILES string of the molecule is C[N-]C(C)CC(C)[N-]C.[Cl][Ti][Cl]. The predicted octanol–water partition coefficient (Wildman–Crippen LogP) is 3.54. The second-order valence-corrected chi connectivity index (χ2v) is 5.10. The Labute approximate surface area is 92.5 Å². The summed E-state index contributed by atoms with van der Waals surface area (Å²) >= 11 is -0.556. The van der Waals surface area contributed by atoms with Gasteiger partial charge in [-0.05, 0) is 0 Å². The first-order chi connectivity index (χ1) is 5.62. The zero-order valence-corrected chi connectivity index (χ0v) is 11.1. The summed E-state index contributed by atoms with van der Waals surface area (Å²) in [5, 5.41) is 8.23. The van der Waals surface area contributed by atoms with E-state index in [-0.39, 0.29) is 0 Å². The Balaban J connectivity index is 0. The molecular formula is C7H16Cl2N2Ti-2. The van der Waals surface area contributed by atoms with Gasteiger partial charge in [-0.2, -0.15) is 14.1 Å². The number of hydrogen-bond donors (Lipinski definition) is 0. The van der Waals surface area contributed by atoms with E-state index in [2.05, 4.69) is 24.5 Å². The third-order valence-corrected chi connectivity index (χ3v) is 1.56. The monoisotopic (exact) mass is 246 g/mol. The van der Waals surface area contributed by atoms with Crippen molar-refractivity contribution < 1.29 is 17.0 Å². The van der Waals surface area contributed by atoms with Gasteiger partial charge in [0.1, 0.15) is 0 Å². The molecule has 5 heteroatoms. The van der Waals surface area contributed by atoms with E-state index in [1.54, 1.807) is 0 Å². The molecular weight excluding hydrogens is 231 g/mol. The van der Waals surface area contributed by atoms with Crippen molar-refractivity contribution in [3.8, 4) is 0 Å². The van der Waals surface area contributed by atoms with E-state index in [9.17, 15) is 0 Å². The van der Waals surface area contributed by atoms with Gasteiger partial charge in [-0.1, -0.05) is 20.3 Å². The van der Waals surface area contributed by atoms with Crippen LogP contribution in [-0.4, -0.2) is 26.2 Å². The van der Waals surface area contributed by atoms with Crippen LogP contribution in [0.4, 0.5) is 0 Å². The summed E-state index contributed by atoms with van der Waals surface area (Å²) < 4.78 is 0. The molecule has 0 fully saturated rings. The summed E-state index contributed by atoms with van der Waals surface area (Å²) in [5.74, 6) is 0. The van der Waals surface area contributed by atoms with Crippen molar-refractivity contribution in [2.75, 3.05) is 14.1 Å². The van der Waals surface area contributed by atoms with Crippen molar-refractivity contribution >= 4 is 18.6 Å². The minimum absolute atomic E-state index is 0.462. The van der Waals surface area contributed by atoms with Gasteiger partial charge < -0.3 is 10.6 Å². The second-order valence-electron chi connectivity index (χ2n) is 2.52. The molecule has 74 valence electrons. The zero-order chi connectivity index (χ0) is 9.98. The second kappa shape index (κ2) is 12.2. The van der Waals surface area contributed by atoms with E-state index in [4.69, 9.17) is 18.6 Å². The maximum atomic E-state index is 4.89. The van der Waals surface area contributed by atoms with Crippen LogP contribution in [-0.2, 0) is 17.0 Å². The van der Waals surface area contributed by atoms with Crippen LogP contribution in [0.25, 0.3) is 10.6 Å². The molecule has 0 saturated carbocycles. The van der Waals surface area contributed by atoms with Gasteiger partial charge in [-0.25, -0.2) is 0 Å². The van der Waals surface area contributed by atoms with Crippen LogP contribution in [0.15, 0.2) is 0 Å². The molecule has 2 nitrogen and oxygen atoms in total. The summed E-state index contributed by atoms with van der Waals surface area (Å²) in [6.45, 7) is 4.23. The first-order valence-corrected chi connectivity index (χ1v) is 8.06. The van der Waals surface area contributed by atoms with Crippen LogP contribution in [0.2, 0.25) is 0 Å². The summed E-state index contributed by atoms with van der Waals surface area (Å²) in [7, 11) is 13.5. The van der Waals surface area contributed by atoms with Crippen LogP contribution >= 0.6 is 18.6 Å². The molecule has 0 spiro atoms. The van der Waals surface area contributed by atoms with Crippen molar-refractivity contribution in [2.45, 2.75) is 32.4 Å². The molecule has 0 aliphatic heterocycles. The van der Waals surface area contributed by atoms with Crippen LogP contribution in [0.1, 0.15) is 20.3 Å². The maximum absolute atomic E-state index is 4.89. The third-order valence-electron chi connectivity index (χ3n) is 1.56. The number of rotatable bonds is 4. The fourth-order valence-electron chi connectivity index (χ4n) is 0.704. The van der Waals surface area contributed by atoms with E-state index in [1.165, 1.54) is 0 Å². The third kappa shape index (κ3) is 13.8. The van der Waals surface area contributed by atoms with Crippen molar-refractivity contribution in [3.05, 3.63) is 10.6 Å². The predicted molar refractivity (Wildman–Crippen MR) is 53.8 cm³/mol. The molecule has 0 rings (SSSR count). The summed E-state index contributed by atoms with van der Waals surface area (Å²) in [4.78, 5) is 0. The Morgan fingerprint density at radius 1 is 1.08 bits per heavy atom. The fraction of sp³-hybridized carbons (Fsp3) is 1.00. The van der Waals surface area contributed by atoms with Gasteiger partial charge >= 0.3 is 35.6 Å². The molecule has 2 unspecified atom stereocenters. The molecule has 0 aromatic rings. The summed E-state index contributed by atoms with van der Waals surface area (Å²) in [5.41, 5.74) is 0. The molecule has 0 N–H and O–H groups in total. The molecule has 0 radical (unpaired) electrons. The molecule has 0 bridgehead atoms. The van der Waals surface area contributed by atoms with Gasteiger partial charge in [0.2, 0.25) is 0 Å². The zero-order valence-electron chi connectivity index (χ0n) is 8.01. The van der Waals surface area contributed by atoms with Crippen molar-refractivity contribution in [1.29, 1.82) is 0 Å². The molecule has 0 aromatic heterocycles. The molecule has 0 amide bonds. The Morgan fingerprint density at radius 3 is 1.50 bits per heavy atom. The van der Waals surface area contributed by atoms with E-state index in [0.29, 0.717) is 12.1 Å². The Morgan fingerprint density at radius 2 is 1.33 bits per heavy atom. The molecule has 0 aromatic carbocycles. The van der Waals surface area contributed by atoms with Gasteiger partial charge in [0.25, 0.3) is 0 Å². The minimum atomic E-state index is -0.556. The van der Waals surface area contributed by atoms with Gasteiger partial charge in [-0.3, -0.25) is 0 Å². The van der Waals surface area contributed by atoms with E-state index < -0.39 is 17.0 Å². The Hall–Kier alpha value is 1.21. The first-order valence-electron chi connectivity index (χ1n) is 3.76. The van der Waals surface area contributed by atoms with E-state index in [1.807, 2.05) is 14.1 Å². The van der Waals surface area contributed by atoms with Crippen LogP contribution in [0.5, 0.6) is 0 Å². The van der Waals surface area contributed by atoms with Crippen molar-refractivity contribution in [2.24, 2.45) is 0 Å². The van der Waals surface area contributed by atoms with Gasteiger partial charge in [0.05, 0.1) is 0 Å². The Kier molecular flexibility index (Phi) is 16.0. The van der Waals surface area contributed by atoms with Crippen LogP contribution < -0.4 is 0 Å². The summed E-state index contributed by atoms with van der Waals surface area (Å²) in [6, 6.07) is 0.924. The average Bonchev–Trinajstić information content (AvgIpc) is 2.05. The topological polar surface area (TPSA) is 28.2 Å². The van der Waals surface area contributed by atoms with Gasteiger partial charge in [-0.15, -0.1) is 12.1 Å². The van der Waals surface area contributed by atoms with Crippen molar-refractivity contribution in [1.82, 2.24) is 0 Å². The normalized spacial score (nSPS) is 14.2. The van der Waals surface area contributed by atoms with Gasteiger partial charge in [0.15, 0.2) is 0 Å². The molecule has 0 heterocycles. The first kappa shape index (κ1) is 15.7. The summed E-state index contributed by atoms with van der Waals surface area (Å²) in [6.07, 6.45) is 1.08. The standard InChI is InChI=1S/C7H16N2.2ClH.Ti/c1-6(8-3)5-7(2)9-4;;;/h6-7H,5H2,1-4H3;2*1H;/q-2;;;+2/p-2. The molecule has 0 saturated heterocycles. The molecule has 0 aliphatic rings. The van der Waals surface area contributed by atoms with Crippen LogP contribution in [0.3, 0.4) is 0 Å². The number of hydrogen-bond acceptors (Lipinski definition) is 0.